The van der Waals surface area contributed by atoms with Gasteiger partial charge in [0.15, 0.2) is 0 Å². The largest absolute Gasteiger partial charge is 0.0654 e. The Morgan fingerprint density at radius 1 is 0.571 bits per heavy atom. The number of hydrogen-bond acceptors (Lipinski definition) is 0. The van der Waals surface area contributed by atoms with Crippen LogP contribution in [0.5, 0.6) is 0 Å². The van der Waals surface area contributed by atoms with E-state index < -0.39 is 0 Å². The quantitative estimate of drug-likeness (QED) is 0.305. The topological polar surface area (TPSA) is 0 Å². The normalized spacial score (nSPS) is 12.4. The summed E-state index contributed by atoms with van der Waals surface area (Å²) in [5, 5.41) is 0. The lowest BCUT2D eigenvalue weighted by molar-refractivity contribution is 0.659. The van der Waals surface area contributed by atoms with Crippen LogP contribution < -0.4 is 0 Å². The number of rotatable bonds is 11. The van der Waals surface area contributed by atoms with Crippen molar-refractivity contribution < 1.29 is 0 Å². The standard InChI is InChI=1S/C12H26P2/c1-3-5-7-8-10-12-14-13-11-9-6-4-2/h3-12H2,1-2H3. The van der Waals surface area contributed by atoms with Gasteiger partial charge in [-0.1, -0.05) is 52.4 Å². The highest BCUT2D eigenvalue weighted by Gasteiger charge is 1.92. The van der Waals surface area contributed by atoms with Gasteiger partial charge in [-0.25, -0.2) is 0 Å². The fourth-order valence-corrected chi connectivity index (χ4v) is 4.07. The number of unbranched alkanes of at least 4 members (excludes halogenated alkanes) is 6. The first-order valence-corrected chi connectivity index (χ1v) is 9.11. The molecule has 0 aromatic rings. The van der Waals surface area contributed by atoms with Crippen LogP contribution in [0.3, 0.4) is 0 Å². The highest BCUT2D eigenvalue weighted by atomic mass is 32.0. The molecule has 2 heteroatoms. The van der Waals surface area contributed by atoms with E-state index in [4.69, 9.17) is 0 Å². The van der Waals surface area contributed by atoms with E-state index in [0.717, 1.165) is 0 Å². The lowest BCUT2D eigenvalue weighted by Crippen LogP contribution is -1.79. The molecule has 0 saturated carbocycles. The Bertz CT molecular complexity index is 82.3. The average molecular weight is 232 g/mol. The monoisotopic (exact) mass is 232 g/mol. The molecule has 0 heterocycles. The van der Waals surface area contributed by atoms with E-state index in [1.807, 2.05) is 0 Å². The second kappa shape index (κ2) is 13.9. The minimum absolute atomic E-state index is 1.36. The molecule has 0 aromatic carbocycles. The fourth-order valence-electron chi connectivity index (χ4n) is 1.36. The van der Waals surface area contributed by atoms with Gasteiger partial charge in [-0.2, -0.15) is 0 Å². The Balaban J connectivity index is 2.78. The van der Waals surface area contributed by atoms with Crippen molar-refractivity contribution >= 4 is 16.5 Å². The van der Waals surface area contributed by atoms with Crippen molar-refractivity contribution in [3.63, 3.8) is 0 Å². The molecule has 14 heavy (non-hydrogen) atoms. The molecule has 0 atom stereocenters. The van der Waals surface area contributed by atoms with Crippen LogP contribution in [0.2, 0.25) is 0 Å². The van der Waals surface area contributed by atoms with Gasteiger partial charge in [0.05, 0.1) is 0 Å². The summed E-state index contributed by atoms with van der Waals surface area (Å²) in [5.41, 5.74) is 0. The highest BCUT2D eigenvalue weighted by Crippen LogP contribution is 2.38. The van der Waals surface area contributed by atoms with Gasteiger partial charge in [-0.15, -0.1) is 0 Å². The van der Waals surface area contributed by atoms with Gasteiger partial charge < -0.3 is 0 Å². The molecule has 0 N–H and O–H groups in total. The van der Waals surface area contributed by atoms with Crippen LogP contribution in [-0.2, 0) is 0 Å². The van der Waals surface area contributed by atoms with E-state index in [1.54, 1.807) is 16.5 Å². The van der Waals surface area contributed by atoms with Gasteiger partial charge >= 0.3 is 0 Å². The Labute approximate surface area is 94.5 Å². The van der Waals surface area contributed by atoms with Crippen LogP contribution in [0, 0.1) is 0 Å². The van der Waals surface area contributed by atoms with Gasteiger partial charge in [-0.3, -0.25) is 0 Å². The Kier molecular flexibility index (Phi) is 14.7. The number of hydrogen-bond donors (Lipinski definition) is 0. The van der Waals surface area contributed by atoms with Crippen molar-refractivity contribution in [2.75, 3.05) is 12.3 Å². The Hall–Kier alpha value is 0.860. The van der Waals surface area contributed by atoms with Crippen molar-refractivity contribution in [1.29, 1.82) is 0 Å². The molecule has 0 aromatic heterocycles. The summed E-state index contributed by atoms with van der Waals surface area (Å²) in [7, 11) is 3.36. The molecule has 0 saturated heterocycles. The van der Waals surface area contributed by atoms with Gasteiger partial charge in [0.1, 0.15) is 0 Å². The first-order valence-electron chi connectivity index (χ1n) is 6.25. The minimum Gasteiger partial charge on any atom is -0.0654 e. The van der Waals surface area contributed by atoms with Crippen LogP contribution in [-0.4, -0.2) is 12.3 Å². The van der Waals surface area contributed by atoms with Gasteiger partial charge in [0.25, 0.3) is 0 Å². The molecule has 0 spiro atoms. The van der Waals surface area contributed by atoms with Crippen LogP contribution in [0.25, 0.3) is 0 Å². The molecular formula is C12H26P2. The van der Waals surface area contributed by atoms with Crippen LogP contribution in [0.1, 0.15) is 65.2 Å². The Morgan fingerprint density at radius 3 is 1.57 bits per heavy atom. The van der Waals surface area contributed by atoms with Crippen LogP contribution in [0.4, 0.5) is 0 Å². The van der Waals surface area contributed by atoms with Crippen molar-refractivity contribution in [3.8, 4) is 0 Å². The third kappa shape index (κ3) is 12.9. The SMILES string of the molecule is CCCCCCC[P][P]CCCCC. The molecule has 0 unspecified atom stereocenters. The van der Waals surface area contributed by atoms with E-state index in [-0.39, 0.29) is 0 Å². The molecule has 0 aliphatic carbocycles. The lowest BCUT2D eigenvalue weighted by Gasteiger charge is -2.00. The van der Waals surface area contributed by atoms with E-state index in [0.29, 0.717) is 0 Å². The van der Waals surface area contributed by atoms with E-state index in [1.165, 1.54) is 63.7 Å². The molecule has 0 aliphatic heterocycles. The molecule has 84 valence electrons. The third-order valence-corrected chi connectivity index (χ3v) is 5.36. The van der Waals surface area contributed by atoms with Gasteiger partial charge in [0, 0.05) is 0 Å². The van der Waals surface area contributed by atoms with Gasteiger partial charge in [0.2, 0.25) is 0 Å². The zero-order chi connectivity index (χ0) is 10.5. The first-order chi connectivity index (χ1) is 6.91. The van der Waals surface area contributed by atoms with Crippen molar-refractivity contribution in [3.05, 3.63) is 0 Å². The maximum atomic E-state index is 2.28. The van der Waals surface area contributed by atoms with Crippen molar-refractivity contribution in [2.45, 2.75) is 65.2 Å². The van der Waals surface area contributed by atoms with Gasteiger partial charge in [-0.05, 0) is 41.7 Å². The summed E-state index contributed by atoms with van der Waals surface area (Å²) in [4.78, 5) is 0. The molecule has 0 bridgehead atoms. The summed E-state index contributed by atoms with van der Waals surface area (Å²) >= 11 is 0. The van der Waals surface area contributed by atoms with E-state index >= 15 is 0 Å². The highest BCUT2D eigenvalue weighted by molar-refractivity contribution is 8.11. The van der Waals surface area contributed by atoms with Crippen molar-refractivity contribution in [1.82, 2.24) is 0 Å². The van der Waals surface area contributed by atoms with Crippen LogP contribution in [0.15, 0.2) is 0 Å². The molecule has 0 aliphatic rings. The summed E-state index contributed by atoms with van der Waals surface area (Å²) in [6.45, 7) is 4.56. The zero-order valence-corrected chi connectivity index (χ0v) is 11.8. The second-order valence-electron chi connectivity index (χ2n) is 3.85. The summed E-state index contributed by atoms with van der Waals surface area (Å²) in [5.74, 6) is 0. The average Bonchev–Trinajstić information content (AvgIpc) is 2.21. The summed E-state index contributed by atoms with van der Waals surface area (Å²) in [6, 6.07) is 0. The molecule has 0 amide bonds. The maximum absolute atomic E-state index is 2.28. The second-order valence-corrected chi connectivity index (χ2v) is 7.01. The molecule has 0 fully saturated rings. The third-order valence-electron chi connectivity index (χ3n) is 2.32. The lowest BCUT2D eigenvalue weighted by atomic mass is 10.2. The predicted molar refractivity (Wildman–Crippen MR) is 71.9 cm³/mol. The smallest absolute Gasteiger partial charge is 0.0242 e. The Morgan fingerprint density at radius 2 is 1.00 bits per heavy atom. The molecule has 0 rings (SSSR count). The van der Waals surface area contributed by atoms with Crippen molar-refractivity contribution in [2.24, 2.45) is 0 Å². The molecular weight excluding hydrogens is 206 g/mol. The zero-order valence-electron chi connectivity index (χ0n) is 9.97. The van der Waals surface area contributed by atoms with Crippen LogP contribution >= 0.6 is 16.5 Å². The summed E-state index contributed by atoms with van der Waals surface area (Å²) < 4.78 is 0. The fraction of sp³-hybridized carbons (Fsp3) is 1.00. The predicted octanol–water partition coefficient (Wildman–Crippen LogP) is 5.95. The molecule has 2 radical (unpaired) electrons. The first kappa shape index (κ1) is 14.9. The summed E-state index contributed by atoms with van der Waals surface area (Å²) in [6.07, 6.45) is 14.3. The maximum Gasteiger partial charge on any atom is -0.0242 e. The molecule has 0 nitrogen and oxygen atoms in total. The van der Waals surface area contributed by atoms with E-state index in [2.05, 4.69) is 13.8 Å². The minimum atomic E-state index is 1.36. The van der Waals surface area contributed by atoms with E-state index in [9.17, 15) is 0 Å².